The number of aromatic nitrogens is 2. The van der Waals surface area contributed by atoms with Gasteiger partial charge in [-0.2, -0.15) is 0 Å². The number of nitrogens with zero attached hydrogens (tertiary/aromatic N) is 2. The summed E-state index contributed by atoms with van der Waals surface area (Å²) in [6.07, 6.45) is 0. The second kappa shape index (κ2) is 10.7. The van der Waals surface area contributed by atoms with Crippen molar-refractivity contribution in [1.29, 1.82) is 0 Å². The molecule has 0 bridgehead atoms. The van der Waals surface area contributed by atoms with Crippen molar-refractivity contribution in [2.75, 3.05) is 17.7 Å². The summed E-state index contributed by atoms with van der Waals surface area (Å²) in [5.41, 5.74) is 1.19. The molecule has 8 nitrogen and oxygen atoms in total. The van der Waals surface area contributed by atoms with Crippen LogP contribution in [0.5, 0.6) is 5.75 Å². The molecule has 1 N–H and O–H groups in total. The Morgan fingerprint density at radius 3 is 2.68 bits per heavy atom. The molecule has 0 aliphatic heterocycles. The third kappa shape index (κ3) is 6.22. The first-order chi connectivity index (χ1) is 14.9. The van der Waals surface area contributed by atoms with Gasteiger partial charge in [-0.1, -0.05) is 23.4 Å². The SMILES string of the molecule is CCOC(=O)c1c(NC(=O)CSc2nnc(COc3ccc(Cl)cc3)o2)sc(C)c1C. The van der Waals surface area contributed by atoms with Crippen LogP contribution in [0.1, 0.15) is 33.6 Å². The van der Waals surface area contributed by atoms with Crippen LogP contribution in [0.25, 0.3) is 0 Å². The number of thiophene rings is 1. The van der Waals surface area contributed by atoms with Crippen LogP contribution in [0, 0.1) is 13.8 Å². The summed E-state index contributed by atoms with van der Waals surface area (Å²) >= 11 is 8.26. The molecule has 0 saturated carbocycles. The number of halogens is 1. The monoisotopic (exact) mass is 481 g/mol. The standard InChI is InChI=1S/C20H20ClN3O5S2/c1-4-27-19(26)17-11(2)12(3)31-18(17)22-15(25)10-30-20-24-23-16(29-20)9-28-14-7-5-13(21)6-8-14/h5-8H,4,9-10H2,1-3H3,(H,22,25). The Labute approximate surface area is 192 Å². The first-order valence-electron chi connectivity index (χ1n) is 9.27. The Balaban J connectivity index is 1.53. The summed E-state index contributed by atoms with van der Waals surface area (Å²) in [6, 6.07) is 6.90. The molecule has 0 aliphatic carbocycles. The normalized spacial score (nSPS) is 10.7. The molecule has 31 heavy (non-hydrogen) atoms. The lowest BCUT2D eigenvalue weighted by molar-refractivity contribution is -0.113. The number of carbonyl (C=O) groups is 2. The van der Waals surface area contributed by atoms with E-state index in [-0.39, 0.29) is 36.0 Å². The van der Waals surface area contributed by atoms with Crippen LogP contribution in [0.3, 0.4) is 0 Å². The van der Waals surface area contributed by atoms with Crippen molar-refractivity contribution < 1.29 is 23.5 Å². The topological polar surface area (TPSA) is 104 Å². The highest BCUT2D eigenvalue weighted by Gasteiger charge is 2.22. The largest absolute Gasteiger partial charge is 0.484 e. The van der Waals surface area contributed by atoms with E-state index in [4.69, 9.17) is 25.5 Å². The van der Waals surface area contributed by atoms with E-state index < -0.39 is 5.97 Å². The minimum absolute atomic E-state index is 0.0396. The number of carbonyl (C=O) groups excluding carboxylic acids is 2. The average Bonchev–Trinajstić information content (AvgIpc) is 3.30. The van der Waals surface area contributed by atoms with Gasteiger partial charge >= 0.3 is 5.97 Å². The van der Waals surface area contributed by atoms with Crippen molar-refractivity contribution in [2.45, 2.75) is 32.6 Å². The lowest BCUT2D eigenvalue weighted by Gasteiger charge is -2.06. The molecule has 3 rings (SSSR count). The van der Waals surface area contributed by atoms with Crippen molar-refractivity contribution in [1.82, 2.24) is 10.2 Å². The molecule has 0 radical (unpaired) electrons. The van der Waals surface area contributed by atoms with Crippen LogP contribution in [-0.2, 0) is 16.1 Å². The maximum Gasteiger partial charge on any atom is 0.341 e. The number of aryl methyl sites for hydroxylation is 1. The fraction of sp³-hybridized carbons (Fsp3) is 0.300. The molecule has 0 aliphatic rings. The number of amides is 1. The van der Waals surface area contributed by atoms with Crippen molar-refractivity contribution >= 4 is 51.6 Å². The van der Waals surface area contributed by atoms with E-state index in [1.807, 2.05) is 13.8 Å². The van der Waals surface area contributed by atoms with Gasteiger partial charge in [-0.25, -0.2) is 4.79 Å². The average molecular weight is 482 g/mol. The molecule has 2 aromatic heterocycles. The highest BCUT2D eigenvalue weighted by molar-refractivity contribution is 7.99. The summed E-state index contributed by atoms with van der Waals surface area (Å²) in [6.45, 7) is 5.81. The van der Waals surface area contributed by atoms with Crippen molar-refractivity contribution in [2.24, 2.45) is 0 Å². The van der Waals surface area contributed by atoms with Gasteiger partial charge in [0.25, 0.3) is 11.1 Å². The highest BCUT2D eigenvalue weighted by atomic mass is 35.5. The number of rotatable bonds is 9. The summed E-state index contributed by atoms with van der Waals surface area (Å²) in [5, 5.41) is 11.9. The molecule has 164 valence electrons. The van der Waals surface area contributed by atoms with E-state index >= 15 is 0 Å². The van der Waals surface area contributed by atoms with Gasteiger partial charge in [0.2, 0.25) is 5.91 Å². The number of hydrogen-bond acceptors (Lipinski definition) is 9. The molecule has 0 atom stereocenters. The zero-order chi connectivity index (χ0) is 22.4. The molecule has 0 spiro atoms. The van der Waals surface area contributed by atoms with Gasteiger partial charge in [-0.05, 0) is 50.6 Å². The highest BCUT2D eigenvalue weighted by Crippen LogP contribution is 2.33. The maximum atomic E-state index is 12.4. The van der Waals surface area contributed by atoms with Gasteiger partial charge in [0.1, 0.15) is 10.8 Å². The number of thioether (sulfide) groups is 1. The van der Waals surface area contributed by atoms with Gasteiger partial charge in [0, 0.05) is 9.90 Å². The second-order valence-electron chi connectivity index (χ2n) is 6.25. The van der Waals surface area contributed by atoms with Crippen LogP contribution >= 0.6 is 34.7 Å². The third-order valence-electron chi connectivity index (χ3n) is 4.07. The van der Waals surface area contributed by atoms with E-state index in [2.05, 4.69) is 15.5 Å². The smallest absolute Gasteiger partial charge is 0.341 e. The van der Waals surface area contributed by atoms with Gasteiger partial charge < -0.3 is 19.2 Å². The van der Waals surface area contributed by atoms with E-state index in [9.17, 15) is 9.59 Å². The Hall–Kier alpha value is -2.56. The summed E-state index contributed by atoms with van der Waals surface area (Å²) < 4.78 is 16.1. The predicted octanol–water partition coefficient (Wildman–Crippen LogP) is 4.89. The zero-order valence-electron chi connectivity index (χ0n) is 17.1. The molecule has 1 aromatic carbocycles. The fourth-order valence-electron chi connectivity index (χ4n) is 2.48. The second-order valence-corrected chi connectivity index (χ2v) is 8.84. The van der Waals surface area contributed by atoms with Gasteiger partial charge in [0.05, 0.1) is 17.9 Å². The number of hydrogen-bond donors (Lipinski definition) is 1. The summed E-state index contributed by atoms with van der Waals surface area (Å²) in [5.74, 6) is 0.198. The predicted molar refractivity (Wildman–Crippen MR) is 119 cm³/mol. The lowest BCUT2D eigenvalue weighted by atomic mass is 10.1. The Bertz CT molecular complexity index is 1070. The molecule has 0 saturated heterocycles. The molecular weight excluding hydrogens is 462 g/mol. The molecule has 0 fully saturated rings. The van der Waals surface area contributed by atoms with Crippen molar-refractivity contribution in [3.63, 3.8) is 0 Å². The Morgan fingerprint density at radius 1 is 1.23 bits per heavy atom. The fourth-order valence-corrected chi connectivity index (χ4v) is 4.26. The molecule has 3 aromatic rings. The number of benzene rings is 1. The molecule has 1 amide bonds. The molecular formula is C20H20ClN3O5S2. The quantitative estimate of drug-likeness (QED) is 0.340. The van der Waals surface area contributed by atoms with Crippen molar-refractivity contribution in [3.05, 3.63) is 51.2 Å². The first-order valence-corrected chi connectivity index (χ1v) is 11.5. The van der Waals surface area contributed by atoms with E-state index in [1.165, 1.54) is 11.3 Å². The number of anilines is 1. The minimum Gasteiger partial charge on any atom is -0.484 e. The van der Waals surface area contributed by atoms with E-state index in [0.717, 1.165) is 22.2 Å². The molecule has 2 heterocycles. The van der Waals surface area contributed by atoms with Gasteiger partial charge in [-0.15, -0.1) is 21.5 Å². The summed E-state index contributed by atoms with van der Waals surface area (Å²) in [7, 11) is 0. The van der Waals surface area contributed by atoms with Crippen LogP contribution in [0.2, 0.25) is 5.02 Å². The van der Waals surface area contributed by atoms with Gasteiger partial charge in [0.15, 0.2) is 6.61 Å². The maximum absolute atomic E-state index is 12.4. The lowest BCUT2D eigenvalue weighted by Crippen LogP contribution is -2.16. The molecule has 0 unspecified atom stereocenters. The van der Waals surface area contributed by atoms with Crippen LogP contribution in [0.4, 0.5) is 5.00 Å². The summed E-state index contributed by atoms with van der Waals surface area (Å²) in [4.78, 5) is 25.5. The van der Waals surface area contributed by atoms with Crippen LogP contribution in [0.15, 0.2) is 33.9 Å². The van der Waals surface area contributed by atoms with E-state index in [1.54, 1.807) is 31.2 Å². The molecule has 11 heteroatoms. The number of esters is 1. The van der Waals surface area contributed by atoms with Crippen LogP contribution in [-0.4, -0.2) is 34.4 Å². The van der Waals surface area contributed by atoms with E-state index in [0.29, 0.717) is 21.3 Å². The minimum atomic E-state index is -0.450. The number of ether oxygens (including phenoxy) is 2. The van der Waals surface area contributed by atoms with Crippen molar-refractivity contribution in [3.8, 4) is 5.75 Å². The van der Waals surface area contributed by atoms with Gasteiger partial charge in [-0.3, -0.25) is 4.79 Å². The zero-order valence-corrected chi connectivity index (χ0v) is 19.4. The Kier molecular flexibility index (Phi) is 7.94. The Morgan fingerprint density at radius 2 is 1.97 bits per heavy atom. The number of nitrogens with one attached hydrogen (secondary N) is 1. The van der Waals surface area contributed by atoms with Crippen LogP contribution < -0.4 is 10.1 Å². The third-order valence-corrected chi connectivity index (χ3v) is 6.26. The first kappa shape index (κ1) is 23.1.